The summed E-state index contributed by atoms with van der Waals surface area (Å²) in [6.07, 6.45) is 2.91. The van der Waals surface area contributed by atoms with Gasteiger partial charge in [-0.25, -0.2) is 9.07 Å². The Morgan fingerprint density at radius 2 is 2.00 bits per heavy atom. The maximum atomic E-state index is 14.0. The van der Waals surface area contributed by atoms with Crippen molar-refractivity contribution >= 4 is 5.91 Å². The fourth-order valence-corrected chi connectivity index (χ4v) is 4.74. The van der Waals surface area contributed by atoms with Crippen LogP contribution in [0.3, 0.4) is 0 Å². The Labute approximate surface area is 159 Å². The van der Waals surface area contributed by atoms with E-state index in [0.29, 0.717) is 6.54 Å². The zero-order valence-electron chi connectivity index (χ0n) is 16.3. The van der Waals surface area contributed by atoms with Crippen molar-refractivity contribution in [3.8, 4) is 5.69 Å². The van der Waals surface area contributed by atoms with Crippen molar-refractivity contribution < 1.29 is 9.18 Å². The molecular weight excluding hydrogens is 343 g/mol. The molecule has 2 aliphatic rings. The Morgan fingerprint density at radius 1 is 1.19 bits per heavy atom. The summed E-state index contributed by atoms with van der Waals surface area (Å²) >= 11 is 0. The third-order valence-corrected chi connectivity index (χ3v) is 6.06. The lowest BCUT2D eigenvalue weighted by Gasteiger charge is -2.37. The van der Waals surface area contributed by atoms with E-state index in [1.165, 1.54) is 6.07 Å². The number of likely N-dealkylation sites (tertiary alicyclic amines) is 2. The molecule has 1 amide bonds. The molecule has 1 unspecified atom stereocenters. The Hall–Kier alpha value is -2.21. The van der Waals surface area contributed by atoms with E-state index < -0.39 is 0 Å². The second kappa shape index (κ2) is 6.75. The first-order valence-electron chi connectivity index (χ1n) is 9.68. The van der Waals surface area contributed by atoms with Gasteiger partial charge in [0.15, 0.2) is 0 Å². The Balaban J connectivity index is 1.59. The summed E-state index contributed by atoms with van der Waals surface area (Å²) < 4.78 is 15.9. The van der Waals surface area contributed by atoms with Gasteiger partial charge < -0.3 is 4.90 Å². The molecule has 1 aromatic heterocycles. The number of carbonyl (C=O) groups is 1. The lowest BCUT2D eigenvalue weighted by atomic mass is 9.78. The van der Waals surface area contributed by atoms with E-state index in [-0.39, 0.29) is 17.1 Å². The van der Waals surface area contributed by atoms with E-state index in [4.69, 9.17) is 0 Å². The van der Waals surface area contributed by atoms with Crippen molar-refractivity contribution in [3.63, 3.8) is 0 Å². The van der Waals surface area contributed by atoms with E-state index in [9.17, 15) is 9.18 Å². The molecule has 1 spiro atoms. The molecule has 5 nitrogen and oxygen atoms in total. The second-order valence-corrected chi connectivity index (χ2v) is 8.18. The van der Waals surface area contributed by atoms with Gasteiger partial charge in [0.2, 0.25) is 5.91 Å². The molecule has 6 heteroatoms. The molecule has 2 saturated heterocycles. The van der Waals surface area contributed by atoms with Crippen LogP contribution in [0.25, 0.3) is 5.69 Å². The van der Waals surface area contributed by atoms with Gasteiger partial charge in [-0.1, -0.05) is 0 Å². The topological polar surface area (TPSA) is 41.4 Å². The summed E-state index contributed by atoms with van der Waals surface area (Å²) in [7, 11) is 1.90. The van der Waals surface area contributed by atoms with Crippen LogP contribution in [0.1, 0.15) is 36.2 Å². The number of carbonyl (C=O) groups excluding carboxylic acids is 1. The van der Waals surface area contributed by atoms with Crippen molar-refractivity contribution in [2.45, 2.75) is 39.7 Å². The summed E-state index contributed by atoms with van der Waals surface area (Å²) in [5.74, 6) is 0.0342. The van der Waals surface area contributed by atoms with Crippen LogP contribution in [0.15, 0.2) is 24.3 Å². The highest BCUT2D eigenvalue weighted by atomic mass is 19.1. The zero-order chi connectivity index (χ0) is 19.2. The first-order valence-corrected chi connectivity index (χ1v) is 9.68. The molecule has 0 bridgehead atoms. The molecule has 0 saturated carbocycles. The van der Waals surface area contributed by atoms with Crippen molar-refractivity contribution in [1.29, 1.82) is 0 Å². The average Bonchev–Trinajstić information content (AvgIpc) is 3.17. The van der Waals surface area contributed by atoms with Crippen LogP contribution in [-0.4, -0.2) is 52.2 Å². The lowest BCUT2D eigenvalue weighted by Crippen LogP contribution is -2.48. The van der Waals surface area contributed by atoms with E-state index in [1.807, 2.05) is 36.5 Å². The largest absolute Gasteiger partial charge is 0.345 e. The van der Waals surface area contributed by atoms with Gasteiger partial charge in [-0.2, -0.15) is 5.10 Å². The Morgan fingerprint density at radius 3 is 2.74 bits per heavy atom. The second-order valence-electron chi connectivity index (χ2n) is 8.18. The van der Waals surface area contributed by atoms with Crippen LogP contribution in [-0.2, 0) is 11.3 Å². The third kappa shape index (κ3) is 3.27. The summed E-state index contributed by atoms with van der Waals surface area (Å²) in [4.78, 5) is 16.9. The summed E-state index contributed by atoms with van der Waals surface area (Å²) in [5.41, 5.74) is 3.55. The molecule has 144 valence electrons. The van der Waals surface area contributed by atoms with Gasteiger partial charge >= 0.3 is 0 Å². The molecule has 1 atom stereocenters. The maximum absolute atomic E-state index is 14.0. The number of halogens is 1. The molecule has 2 aliphatic heterocycles. The van der Waals surface area contributed by atoms with Crippen LogP contribution in [0, 0.1) is 25.1 Å². The molecule has 27 heavy (non-hydrogen) atoms. The van der Waals surface area contributed by atoms with Gasteiger partial charge in [0, 0.05) is 32.4 Å². The summed E-state index contributed by atoms with van der Waals surface area (Å²) in [5, 5.41) is 4.57. The van der Waals surface area contributed by atoms with Crippen molar-refractivity contribution in [1.82, 2.24) is 19.6 Å². The van der Waals surface area contributed by atoms with Gasteiger partial charge in [-0.15, -0.1) is 0 Å². The summed E-state index contributed by atoms with van der Waals surface area (Å²) in [6, 6.07) is 6.91. The minimum atomic E-state index is -0.251. The van der Waals surface area contributed by atoms with Crippen LogP contribution < -0.4 is 0 Å². The minimum Gasteiger partial charge on any atom is -0.345 e. The van der Waals surface area contributed by atoms with Gasteiger partial charge in [-0.3, -0.25) is 9.69 Å². The van der Waals surface area contributed by atoms with Gasteiger partial charge in [-0.05, 0) is 69.5 Å². The van der Waals surface area contributed by atoms with E-state index >= 15 is 0 Å². The normalized spacial score (nSPS) is 23.6. The van der Waals surface area contributed by atoms with Crippen molar-refractivity contribution in [2.24, 2.45) is 5.41 Å². The number of nitrogens with zero attached hydrogens (tertiary/aromatic N) is 4. The van der Waals surface area contributed by atoms with E-state index in [1.54, 1.807) is 12.1 Å². The molecule has 3 heterocycles. The predicted molar refractivity (Wildman–Crippen MR) is 102 cm³/mol. The number of piperidine rings is 1. The number of amides is 1. The molecule has 0 radical (unpaired) electrons. The molecule has 2 aromatic rings. The first-order chi connectivity index (χ1) is 12.9. The lowest BCUT2D eigenvalue weighted by molar-refractivity contribution is -0.143. The molecule has 0 aliphatic carbocycles. The highest BCUT2D eigenvalue weighted by Crippen LogP contribution is 2.40. The quantitative estimate of drug-likeness (QED) is 0.834. The van der Waals surface area contributed by atoms with Gasteiger partial charge in [0.05, 0.1) is 16.8 Å². The molecule has 2 fully saturated rings. The molecule has 4 rings (SSSR count). The first kappa shape index (κ1) is 18.2. The number of benzene rings is 1. The van der Waals surface area contributed by atoms with E-state index in [2.05, 4.69) is 10.00 Å². The monoisotopic (exact) mass is 370 g/mol. The van der Waals surface area contributed by atoms with Crippen LogP contribution in [0.5, 0.6) is 0 Å². The minimum absolute atomic E-state index is 0.238. The third-order valence-electron chi connectivity index (χ3n) is 6.06. The Kier molecular flexibility index (Phi) is 4.54. The SMILES string of the molecule is Cc1cc(C)n(-c2ccc(F)cc2CN2CCC3(CCCN(C)C3=O)C2)n1. The number of aryl methyl sites for hydroxylation is 2. The average molecular weight is 370 g/mol. The zero-order valence-corrected chi connectivity index (χ0v) is 16.3. The van der Waals surface area contributed by atoms with Crippen molar-refractivity contribution in [2.75, 3.05) is 26.7 Å². The predicted octanol–water partition coefficient (Wildman–Crippen LogP) is 3.07. The maximum Gasteiger partial charge on any atom is 0.229 e. The highest BCUT2D eigenvalue weighted by Gasteiger charge is 2.47. The van der Waals surface area contributed by atoms with Gasteiger partial charge in [0.1, 0.15) is 5.82 Å². The smallest absolute Gasteiger partial charge is 0.229 e. The van der Waals surface area contributed by atoms with Crippen molar-refractivity contribution in [3.05, 3.63) is 47.0 Å². The van der Waals surface area contributed by atoms with Gasteiger partial charge in [0.25, 0.3) is 0 Å². The number of rotatable bonds is 3. The number of hydrogen-bond acceptors (Lipinski definition) is 3. The number of aromatic nitrogens is 2. The Bertz CT molecular complexity index is 877. The highest BCUT2D eigenvalue weighted by molar-refractivity contribution is 5.83. The number of hydrogen-bond donors (Lipinski definition) is 0. The standard InChI is InChI=1S/C21H27FN4O/c1-15-11-16(2)26(23-15)19-6-5-18(22)12-17(19)13-25-10-8-21(14-25)7-4-9-24(3)20(21)27/h5-6,11-12H,4,7-10,13-14H2,1-3H3. The fraction of sp³-hybridized carbons (Fsp3) is 0.524. The van der Waals surface area contributed by atoms with E-state index in [0.717, 1.165) is 61.5 Å². The van der Waals surface area contributed by atoms with Crippen LogP contribution in [0.4, 0.5) is 4.39 Å². The molecular formula is C21H27FN4O. The van der Waals surface area contributed by atoms with Crippen LogP contribution >= 0.6 is 0 Å². The molecule has 1 aromatic carbocycles. The van der Waals surface area contributed by atoms with Crippen LogP contribution in [0.2, 0.25) is 0 Å². The molecule has 0 N–H and O–H groups in total. The summed E-state index contributed by atoms with van der Waals surface area (Å²) in [6.45, 7) is 7.07. The fourth-order valence-electron chi connectivity index (χ4n) is 4.74.